The van der Waals surface area contributed by atoms with E-state index >= 15 is 0 Å². The summed E-state index contributed by atoms with van der Waals surface area (Å²) in [6, 6.07) is 36.3. The first-order chi connectivity index (χ1) is 25.4. The average molecular weight is 742 g/mol. The Morgan fingerprint density at radius 2 is 0.509 bits per heavy atom. The predicted molar refractivity (Wildman–Crippen MR) is 207 cm³/mol. The molecule has 1 radical (unpaired) electrons. The van der Waals surface area contributed by atoms with E-state index in [0.29, 0.717) is 0 Å². The second-order valence-corrected chi connectivity index (χ2v) is 12.7. The molecule has 53 heavy (non-hydrogen) atoms. The Hall–Kier alpha value is -6.80. The molecular formula is C44H30CuN4O4. The van der Waals surface area contributed by atoms with Crippen molar-refractivity contribution >= 4 is 46.4 Å². The van der Waals surface area contributed by atoms with Crippen molar-refractivity contribution in [2.75, 3.05) is 0 Å². The third kappa shape index (κ3) is 6.14. The molecule has 5 heterocycles. The van der Waals surface area contributed by atoms with Crippen LogP contribution in [0, 0.1) is 0 Å². The molecule has 0 spiro atoms. The van der Waals surface area contributed by atoms with E-state index in [1.165, 1.54) is 0 Å². The number of phenols is 4. The molecule has 0 amide bonds. The van der Waals surface area contributed by atoms with E-state index in [9.17, 15) is 20.4 Å². The fraction of sp³-hybridized carbons (Fsp3) is 0. The van der Waals surface area contributed by atoms with Gasteiger partial charge in [0.05, 0.1) is 22.8 Å². The number of benzene rings is 4. The average Bonchev–Trinajstić information content (AvgIpc) is 3.99. The molecule has 2 aliphatic heterocycles. The molecule has 0 fully saturated rings. The summed E-state index contributed by atoms with van der Waals surface area (Å²) in [5.74, 6) is 0.651. The normalized spacial score (nSPS) is 11.8. The van der Waals surface area contributed by atoms with Crippen molar-refractivity contribution < 1.29 is 37.5 Å². The molecule has 6 N–H and O–H groups in total. The van der Waals surface area contributed by atoms with Gasteiger partial charge >= 0.3 is 0 Å². The van der Waals surface area contributed by atoms with Crippen LogP contribution in [-0.2, 0) is 17.1 Å². The number of hydrogen-bond donors (Lipinski definition) is 6. The molecule has 9 rings (SSSR count). The summed E-state index contributed by atoms with van der Waals surface area (Å²) in [7, 11) is 0. The van der Waals surface area contributed by atoms with Gasteiger partial charge in [-0.2, -0.15) is 0 Å². The molecular weight excluding hydrogens is 712 g/mol. The second kappa shape index (κ2) is 13.4. The van der Waals surface area contributed by atoms with Crippen LogP contribution in [0.15, 0.2) is 121 Å². The molecule has 0 atom stereocenters. The minimum atomic E-state index is 0. The minimum absolute atomic E-state index is 0. The maximum atomic E-state index is 10.2. The van der Waals surface area contributed by atoms with Gasteiger partial charge in [0, 0.05) is 61.4 Å². The predicted octanol–water partition coefficient (Wildman–Crippen LogP) is 10.1. The van der Waals surface area contributed by atoms with E-state index < -0.39 is 0 Å². The number of nitrogens with zero attached hydrogens (tertiary/aromatic N) is 2. The van der Waals surface area contributed by atoms with E-state index in [-0.39, 0.29) is 40.1 Å². The Morgan fingerprint density at radius 1 is 0.302 bits per heavy atom. The molecule has 0 aliphatic carbocycles. The largest absolute Gasteiger partial charge is 0.508 e. The van der Waals surface area contributed by atoms with Gasteiger partial charge in [0.1, 0.15) is 23.0 Å². The van der Waals surface area contributed by atoms with Gasteiger partial charge in [0.25, 0.3) is 0 Å². The quantitative estimate of drug-likeness (QED) is 0.0993. The zero-order valence-corrected chi connectivity index (χ0v) is 28.8. The fourth-order valence-electron chi connectivity index (χ4n) is 6.93. The van der Waals surface area contributed by atoms with Gasteiger partial charge < -0.3 is 30.4 Å². The van der Waals surface area contributed by atoms with E-state index in [0.717, 1.165) is 89.4 Å². The first-order valence-electron chi connectivity index (χ1n) is 16.7. The van der Waals surface area contributed by atoms with Gasteiger partial charge in [-0.1, -0.05) is 48.5 Å². The number of fused-ring (bicyclic) bond motifs is 8. The monoisotopic (exact) mass is 741 g/mol. The topological polar surface area (TPSA) is 138 Å². The molecule has 0 saturated heterocycles. The Labute approximate surface area is 314 Å². The van der Waals surface area contributed by atoms with Gasteiger partial charge in [-0.15, -0.1) is 0 Å². The number of rotatable bonds is 4. The van der Waals surface area contributed by atoms with Gasteiger partial charge in [-0.05, 0) is 119 Å². The number of aromatic amines is 2. The fourth-order valence-corrected chi connectivity index (χ4v) is 6.93. The molecule has 7 aromatic rings. The number of aromatic hydroxyl groups is 4. The van der Waals surface area contributed by atoms with Crippen LogP contribution in [-0.4, -0.2) is 40.4 Å². The summed E-state index contributed by atoms with van der Waals surface area (Å²) in [5.41, 5.74) is 12.9. The smallest absolute Gasteiger partial charge is 0.115 e. The van der Waals surface area contributed by atoms with Gasteiger partial charge in [-0.3, -0.25) is 0 Å². The van der Waals surface area contributed by atoms with Crippen molar-refractivity contribution in [3.8, 4) is 67.5 Å². The molecule has 0 unspecified atom stereocenters. The molecule has 8 nitrogen and oxygen atoms in total. The van der Waals surface area contributed by atoms with Crippen LogP contribution in [0.5, 0.6) is 23.0 Å². The molecule has 2 aliphatic rings. The van der Waals surface area contributed by atoms with Crippen molar-refractivity contribution in [3.05, 3.63) is 144 Å². The number of phenolic OH excluding ortho intramolecular Hbond substituents is 4. The standard InChI is InChI=1S/C44H30N4O4.Cu/c49-29-9-1-25(2-10-29)41-33-17-19-35(45-33)42(26-3-11-30(50)12-4-26)37-21-23-39(47-37)44(28-7-15-32(52)16-8-28)40-24-22-38(48-40)43(36-20-18-34(41)46-36)27-5-13-31(51)14-6-27;/h1-24,45,48-52H;. The summed E-state index contributed by atoms with van der Waals surface area (Å²) in [6.07, 6.45) is 7.96. The van der Waals surface area contributed by atoms with Crippen LogP contribution in [0.3, 0.4) is 0 Å². The maximum absolute atomic E-state index is 10.2. The van der Waals surface area contributed by atoms with Gasteiger partial charge in [0.15, 0.2) is 0 Å². The van der Waals surface area contributed by atoms with Crippen LogP contribution in [0.4, 0.5) is 0 Å². The van der Waals surface area contributed by atoms with E-state index in [2.05, 4.69) is 9.97 Å². The minimum Gasteiger partial charge on any atom is -0.508 e. The third-order valence-corrected chi connectivity index (χ3v) is 9.38. The Bertz CT molecular complexity index is 2370. The molecule has 0 saturated carbocycles. The van der Waals surface area contributed by atoms with Crippen LogP contribution in [0.25, 0.3) is 90.9 Å². The maximum Gasteiger partial charge on any atom is 0.115 e. The Balaban J connectivity index is 0.00000400. The van der Waals surface area contributed by atoms with E-state index in [1.807, 2.05) is 97.1 Å². The van der Waals surface area contributed by atoms with Crippen LogP contribution < -0.4 is 0 Å². The summed E-state index contributed by atoms with van der Waals surface area (Å²) >= 11 is 0. The van der Waals surface area contributed by atoms with Gasteiger partial charge in [0.2, 0.25) is 0 Å². The zero-order valence-electron chi connectivity index (χ0n) is 27.8. The van der Waals surface area contributed by atoms with Crippen LogP contribution >= 0.6 is 0 Å². The van der Waals surface area contributed by atoms with Crippen molar-refractivity contribution in [2.45, 2.75) is 0 Å². The number of aromatic nitrogens is 4. The Kier molecular flexibility index (Phi) is 8.43. The molecule has 9 heteroatoms. The molecule has 4 aromatic carbocycles. The van der Waals surface area contributed by atoms with E-state index in [1.54, 1.807) is 48.5 Å². The van der Waals surface area contributed by atoms with Crippen molar-refractivity contribution in [1.29, 1.82) is 0 Å². The number of nitrogens with one attached hydrogen (secondary N) is 2. The molecule has 3 aromatic heterocycles. The van der Waals surface area contributed by atoms with Crippen LogP contribution in [0.2, 0.25) is 0 Å². The second-order valence-electron chi connectivity index (χ2n) is 12.7. The number of hydrogen-bond acceptors (Lipinski definition) is 6. The zero-order chi connectivity index (χ0) is 35.3. The van der Waals surface area contributed by atoms with E-state index in [4.69, 9.17) is 9.97 Å². The summed E-state index contributed by atoms with van der Waals surface area (Å²) in [6.45, 7) is 0. The summed E-state index contributed by atoms with van der Waals surface area (Å²) in [4.78, 5) is 17.8. The van der Waals surface area contributed by atoms with Gasteiger partial charge in [-0.25, -0.2) is 9.97 Å². The molecule has 8 bridgehead atoms. The van der Waals surface area contributed by atoms with Crippen molar-refractivity contribution in [2.24, 2.45) is 0 Å². The Morgan fingerprint density at radius 3 is 0.717 bits per heavy atom. The first-order valence-corrected chi connectivity index (χ1v) is 16.7. The summed E-state index contributed by atoms with van der Waals surface area (Å²) in [5, 5.41) is 40.7. The molecule has 261 valence electrons. The summed E-state index contributed by atoms with van der Waals surface area (Å²) < 4.78 is 0. The SMILES string of the molecule is Oc1ccc(-c2c3nc(c(-c4ccc(O)cc4)c4ccc([nH]4)c(-c4ccc(O)cc4)c4nc(c(-c5ccc(O)cc5)c5ccc2[nH]5)C=C4)C=C3)cc1.[Cu]. The third-order valence-electron chi connectivity index (χ3n) is 9.38. The van der Waals surface area contributed by atoms with Crippen molar-refractivity contribution in [3.63, 3.8) is 0 Å². The van der Waals surface area contributed by atoms with Crippen molar-refractivity contribution in [1.82, 2.24) is 19.9 Å². The first kappa shape index (κ1) is 33.3. The number of H-pyrrole nitrogens is 2. The van der Waals surface area contributed by atoms with Crippen LogP contribution in [0.1, 0.15) is 22.8 Å².